The number of nitrogens with zero attached hydrogens (tertiary/aromatic N) is 1. The molecule has 3 aliphatic carbocycles. The van der Waals surface area contributed by atoms with E-state index in [1.165, 1.54) is 11.0 Å². The van der Waals surface area contributed by atoms with E-state index in [1.807, 2.05) is 12.1 Å². The molecule has 0 aromatic heterocycles. The summed E-state index contributed by atoms with van der Waals surface area (Å²) in [6.07, 6.45) is 3.92. The molecule has 0 saturated carbocycles. The zero-order chi connectivity index (χ0) is 25.3. The van der Waals surface area contributed by atoms with Gasteiger partial charge in [-0.1, -0.05) is 35.4 Å². The van der Waals surface area contributed by atoms with Crippen LogP contribution in [0.15, 0.2) is 83.0 Å². The SMILES string of the molecule is CC1=CC(=O)C2=C(CC3C(=CCC4C(=O)N(c5ccc(Cl)cc5)C(=O)C43)C2c2cccc(O)c2)C1=O. The van der Waals surface area contributed by atoms with Gasteiger partial charge in [0.15, 0.2) is 11.6 Å². The Bertz CT molecular complexity index is 1460. The summed E-state index contributed by atoms with van der Waals surface area (Å²) in [5, 5.41) is 10.7. The Morgan fingerprint density at radius 2 is 1.72 bits per heavy atom. The van der Waals surface area contributed by atoms with Crippen LogP contribution in [0.2, 0.25) is 5.02 Å². The molecule has 4 atom stereocenters. The minimum Gasteiger partial charge on any atom is -0.508 e. The fourth-order valence-corrected chi connectivity index (χ4v) is 6.44. The van der Waals surface area contributed by atoms with Crippen molar-refractivity contribution in [1.29, 1.82) is 0 Å². The lowest BCUT2D eigenvalue weighted by Crippen LogP contribution is -2.39. The van der Waals surface area contributed by atoms with Crippen molar-refractivity contribution in [3.8, 4) is 5.75 Å². The van der Waals surface area contributed by atoms with Gasteiger partial charge in [-0.3, -0.25) is 24.1 Å². The van der Waals surface area contributed by atoms with Gasteiger partial charge in [0.25, 0.3) is 0 Å². The predicted molar refractivity (Wildman–Crippen MR) is 133 cm³/mol. The van der Waals surface area contributed by atoms with Gasteiger partial charge in [-0.05, 0) is 73.7 Å². The summed E-state index contributed by atoms with van der Waals surface area (Å²) in [5.41, 5.74) is 3.18. The van der Waals surface area contributed by atoms with Crippen LogP contribution in [-0.2, 0) is 19.2 Å². The summed E-state index contributed by atoms with van der Waals surface area (Å²) in [7, 11) is 0. The third kappa shape index (κ3) is 3.24. The first-order chi connectivity index (χ1) is 17.3. The molecule has 4 aliphatic rings. The predicted octanol–water partition coefficient (Wildman–Crippen LogP) is 4.68. The van der Waals surface area contributed by atoms with Crippen LogP contribution in [0.5, 0.6) is 5.75 Å². The molecule has 6 nitrogen and oxygen atoms in total. The lowest BCUT2D eigenvalue weighted by molar-refractivity contribution is -0.123. The fraction of sp³-hybridized carbons (Fsp3) is 0.241. The van der Waals surface area contributed by atoms with Crippen LogP contribution in [0.25, 0.3) is 0 Å². The number of halogens is 1. The van der Waals surface area contributed by atoms with Gasteiger partial charge in [-0.25, -0.2) is 0 Å². The van der Waals surface area contributed by atoms with Gasteiger partial charge in [0.05, 0.1) is 17.5 Å². The number of aromatic hydroxyl groups is 1. The van der Waals surface area contributed by atoms with Gasteiger partial charge in [-0.15, -0.1) is 0 Å². The molecular weight excluding hydrogens is 478 g/mol. The number of benzene rings is 2. The Kier molecular flexibility index (Phi) is 5.12. The van der Waals surface area contributed by atoms with Crippen molar-refractivity contribution in [2.75, 3.05) is 4.90 Å². The van der Waals surface area contributed by atoms with Crippen LogP contribution in [0.4, 0.5) is 5.69 Å². The van der Waals surface area contributed by atoms with Crippen LogP contribution >= 0.6 is 11.6 Å². The number of imide groups is 1. The van der Waals surface area contributed by atoms with Crippen molar-refractivity contribution in [3.63, 3.8) is 0 Å². The standard InChI is InChI=1S/C29H22ClNO5/c1-14-11-23(33)26-22(27(14)34)13-21-19(24(26)15-3-2-4-18(32)12-15)9-10-20-25(21)29(36)31(28(20)35)17-7-5-16(30)6-8-17/h2-9,11-12,20-21,24-25,32H,10,13H2,1H3. The summed E-state index contributed by atoms with van der Waals surface area (Å²) in [6, 6.07) is 13.2. The molecule has 7 heteroatoms. The third-order valence-corrected chi connectivity index (χ3v) is 8.10. The molecule has 4 unspecified atom stereocenters. The zero-order valence-electron chi connectivity index (χ0n) is 19.4. The highest BCUT2D eigenvalue weighted by Crippen LogP contribution is 2.55. The molecule has 2 aromatic carbocycles. The number of allylic oxidation sites excluding steroid dienone is 6. The van der Waals surface area contributed by atoms with Crippen LogP contribution in [0.1, 0.15) is 31.2 Å². The second-order valence-electron chi connectivity index (χ2n) is 9.81. The molecule has 36 heavy (non-hydrogen) atoms. The summed E-state index contributed by atoms with van der Waals surface area (Å²) in [5.74, 6) is -3.12. The highest BCUT2D eigenvalue weighted by atomic mass is 35.5. The van der Waals surface area contributed by atoms with Gasteiger partial charge in [0.2, 0.25) is 11.8 Å². The first kappa shape index (κ1) is 22.7. The van der Waals surface area contributed by atoms with Crippen LogP contribution in [-0.4, -0.2) is 28.5 Å². The molecule has 2 amide bonds. The quantitative estimate of drug-likeness (QED) is 0.368. The van der Waals surface area contributed by atoms with E-state index < -0.39 is 23.7 Å². The van der Waals surface area contributed by atoms with Crippen molar-refractivity contribution in [2.45, 2.75) is 25.7 Å². The molecule has 0 bridgehead atoms. The molecule has 0 radical (unpaired) electrons. The summed E-state index contributed by atoms with van der Waals surface area (Å²) in [4.78, 5) is 54.9. The highest BCUT2D eigenvalue weighted by Gasteiger charge is 2.56. The number of phenols is 1. The van der Waals surface area contributed by atoms with E-state index in [0.29, 0.717) is 39.4 Å². The molecule has 1 heterocycles. The molecule has 1 aliphatic heterocycles. The van der Waals surface area contributed by atoms with Crippen molar-refractivity contribution in [3.05, 3.63) is 93.6 Å². The minimum atomic E-state index is -0.642. The summed E-state index contributed by atoms with van der Waals surface area (Å²) < 4.78 is 0. The number of anilines is 1. The molecule has 6 rings (SSSR count). The minimum absolute atomic E-state index is 0.0494. The summed E-state index contributed by atoms with van der Waals surface area (Å²) in [6.45, 7) is 1.62. The highest BCUT2D eigenvalue weighted by molar-refractivity contribution is 6.31. The number of rotatable bonds is 2. The first-order valence-corrected chi connectivity index (χ1v) is 12.3. The van der Waals surface area contributed by atoms with E-state index in [9.17, 15) is 24.3 Å². The maximum absolute atomic E-state index is 13.8. The molecule has 2 aromatic rings. The molecule has 180 valence electrons. The maximum atomic E-state index is 13.8. The number of fused-ring (bicyclic) bond motifs is 3. The lowest BCUT2D eigenvalue weighted by Gasteiger charge is -2.42. The average Bonchev–Trinajstić information content (AvgIpc) is 3.12. The number of hydrogen-bond donors (Lipinski definition) is 1. The molecule has 0 spiro atoms. The van der Waals surface area contributed by atoms with Crippen LogP contribution in [0, 0.1) is 17.8 Å². The van der Waals surface area contributed by atoms with E-state index in [4.69, 9.17) is 11.6 Å². The van der Waals surface area contributed by atoms with E-state index in [2.05, 4.69) is 0 Å². The first-order valence-electron chi connectivity index (χ1n) is 11.9. The van der Waals surface area contributed by atoms with Crippen molar-refractivity contribution < 1.29 is 24.3 Å². The second-order valence-corrected chi connectivity index (χ2v) is 10.2. The van der Waals surface area contributed by atoms with Gasteiger partial charge in [-0.2, -0.15) is 0 Å². The van der Waals surface area contributed by atoms with Crippen molar-refractivity contribution in [2.24, 2.45) is 17.8 Å². The topological polar surface area (TPSA) is 91.8 Å². The normalized spacial score (nSPS) is 27.4. The number of carbonyl (C=O) groups is 4. The Morgan fingerprint density at radius 1 is 0.972 bits per heavy atom. The van der Waals surface area contributed by atoms with E-state index in [-0.39, 0.29) is 35.6 Å². The smallest absolute Gasteiger partial charge is 0.238 e. The Labute approximate surface area is 212 Å². The van der Waals surface area contributed by atoms with Gasteiger partial charge in [0.1, 0.15) is 5.75 Å². The Morgan fingerprint density at radius 3 is 2.44 bits per heavy atom. The fourth-order valence-electron chi connectivity index (χ4n) is 6.31. The number of ketones is 2. The van der Waals surface area contributed by atoms with E-state index in [0.717, 1.165) is 5.57 Å². The molecule has 1 fully saturated rings. The van der Waals surface area contributed by atoms with Gasteiger partial charge < -0.3 is 5.11 Å². The maximum Gasteiger partial charge on any atom is 0.238 e. The molecule has 1 N–H and O–H groups in total. The third-order valence-electron chi connectivity index (χ3n) is 7.85. The van der Waals surface area contributed by atoms with E-state index >= 15 is 0 Å². The number of Topliss-reactive ketones (excluding diaryl/α,β-unsaturated/α-hetero) is 1. The Balaban J connectivity index is 1.48. The van der Waals surface area contributed by atoms with Crippen molar-refractivity contribution in [1.82, 2.24) is 0 Å². The number of carbonyl (C=O) groups excluding carboxylic acids is 4. The van der Waals surface area contributed by atoms with Gasteiger partial charge in [0, 0.05) is 27.7 Å². The van der Waals surface area contributed by atoms with Crippen LogP contribution in [0.3, 0.4) is 0 Å². The van der Waals surface area contributed by atoms with Gasteiger partial charge >= 0.3 is 0 Å². The lowest BCUT2D eigenvalue weighted by atomic mass is 9.59. The molecular formula is C29H22ClNO5. The number of amides is 2. The second kappa shape index (κ2) is 8.14. The van der Waals surface area contributed by atoms with E-state index in [1.54, 1.807) is 49.4 Å². The number of hydrogen-bond acceptors (Lipinski definition) is 5. The van der Waals surface area contributed by atoms with Crippen molar-refractivity contribution >= 4 is 40.7 Å². The average molecular weight is 500 g/mol. The Hall–Kier alpha value is -3.77. The molecule has 1 saturated heterocycles. The number of phenolic OH excluding ortho intramolecular Hbond substituents is 1. The summed E-state index contributed by atoms with van der Waals surface area (Å²) >= 11 is 6.01. The van der Waals surface area contributed by atoms with Crippen LogP contribution < -0.4 is 4.90 Å². The monoisotopic (exact) mass is 499 g/mol. The zero-order valence-corrected chi connectivity index (χ0v) is 20.2. The largest absolute Gasteiger partial charge is 0.508 e.